The van der Waals surface area contributed by atoms with Gasteiger partial charge in [0.2, 0.25) is 5.95 Å². The molecule has 0 spiro atoms. The number of H-pyrrole nitrogens is 1. The number of rotatable bonds is 2. The van der Waals surface area contributed by atoms with E-state index in [1.807, 2.05) is 13.0 Å². The molecule has 0 aliphatic carbocycles. The first-order chi connectivity index (χ1) is 7.65. The topological polar surface area (TPSA) is 70.7 Å². The van der Waals surface area contributed by atoms with Crippen LogP contribution < -0.4 is 5.32 Å². The summed E-state index contributed by atoms with van der Waals surface area (Å²) in [5, 5.41) is 8.81. The van der Waals surface area contributed by atoms with Crippen LogP contribution in [0.2, 0.25) is 0 Å². The number of aromatic amines is 1. The minimum absolute atomic E-state index is 0.221. The molecular formula is C10H9BrN4O. The molecule has 2 aromatic rings. The number of carbonyl (C=O) groups excluding carboxylic acids is 1. The molecule has 1 amide bonds. The van der Waals surface area contributed by atoms with Gasteiger partial charge in [0.1, 0.15) is 6.33 Å². The van der Waals surface area contributed by atoms with E-state index in [0.29, 0.717) is 11.5 Å². The Labute approximate surface area is 100 Å². The second-order valence-electron chi connectivity index (χ2n) is 3.31. The van der Waals surface area contributed by atoms with Crippen LogP contribution in [0.3, 0.4) is 0 Å². The summed E-state index contributed by atoms with van der Waals surface area (Å²) in [4.78, 5) is 15.6. The molecule has 0 saturated heterocycles. The highest BCUT2D eigenvalue weighted by Crippen LogP contribution is 2.15. The molecule has 6 heteroatoms. The van der Waals surface area contributed by atoms with Crippen LogP contribution in [-0.2, 0) is 0 Å². The van der Waals surface area contributed by atoms with Gasteiger partial charge in [-0.1, -0.05) is 15.9 Å². The number of aromatic nitrogens is 3. The van der Waals surface area contributed by atoms with Crippen molar-refractivity contribution in [2.75, 3.05) is 5.32 Å². The lowest BCUT2D eigenvalue weighted by atomic mass is 10.1. The minimum atomic E-state index is -0.221. The Balaban J connectivity index is 2.21. The van der Waals surface area contributed by atoms with Gasteiger partial charge in [0.05, 0.1) is 0 Å². The first kappa shape index (κ1) is 10.8. The number of benzene rings is 1. The molecule has 0 aliphatic heterocycles. The van der Waals surface area contributed by atoms with Crippen molar-refractivity contribution in [1.82, 2.24) is 15.2 Å². The van der Waals surface area contributed by atoms with Crippen LogP contribution in [-0.4, -0.2) is 21.1 Å². The third-order valence-electron chi connectivity index (χ3n) is 1.95. The highest BCUT2D eigenvalue weighted by molar-refractivity contribution is 9.10. The van der Waals surface area contributed by atoms with Gasteiger partial charge in [-0.25, -0.2) is 5.10 Å². The third kappa shape index (κ3) is 2.46. The molecule has 1 heterocycles. The Hall–Kier alpha value is -1.69. The summed E-state index contributed by atoms with van der Waals surface area (Å²) in [5.41, 5.74) is 1.58. The van der Waals surface area contributed by atoms with E-state index < -0.39 is 0 Å². The van der Waals surface area contributed by atoms with Crippen LogP contribution in [0.15, 0.2) is 29.0 Å². The number of amides is 1. The number of carbonyl (C=O) groups is 1. The highest BCUT2D eigenvalue weighted by Gasteiger charge is 2.08. The van der Waals surface area contributed by atoms with Gasteiger partial charge in [0.25, 0.3) is 5.91 Å². The summed E-state index contributed by atoms with van der Waals surface area (Å²) in [6.45, 7) is 1.93. The Morgan fingerprint density at radius 1 is 1.44 bits per heavy atom. The minimum Gasteiger partial charge on any atom is -0.291 e. The van der Waals surface area contributed by atoms with Crippen LogP contribution in [0.4, 0.5) is 5.95 Å². The Bertz CT molecular complexity index is 489. The number of nitrogens with one attached hydrogen (secondary N) is 2. The molecule has 0 atom stereocenters. The van der Waals surface area contributed by atoms with Gasteiger partial charge in [-0.3, -0.25) is 10.1 Å². The molecule has 0 unspecified atom stereocenters. The smallest absolute Gasteiger partial charge is 0.258 e. The predicted octanol–water partition coefficient (Wildman–Crippen LogP) is 2.13. The zero-order valence-corrected chi connectivity index (χ0v) is 10.1. The van der Waals surface area contributed by atoms with Crippen LogP contribution >= 0.6 is 15.9 Å². The van der Waals surface area contributed by atoms with E-state index in [2.05, 4.69) is 36.4 Å². The highest BCUT2D eigenvalue weighted by atomic mass is 79.9. The predicted molar refractivity (Wildman–Crippen MR) is 63.2 cm³/mol. The SMILES string of the molecule is Cc1cc(Br)cc(C(=O)Nc2ncn[nH]2)c1. The second kappa shape index (κ2) is 4.44. The van der Waals surface area contributed by atoms with Crippen molar-refractivity contribution in [3.8, 4) is 0 Å². The molecule has 16 heavy (non-hydrogen) atoms. The maximum absolute atomic E-state index is 11.8. The van der Waals surface area contributed by atoms with Crippen LogP contribution in [0, 0.1) is 6.92 Å². The Kier molecular flexibility index (Phi) is 3.00. The molecule has 1 aromatic carbocycles. The summed E-state index contributed by atoms with van der Waals surface area (Å²) < 4.78 is 0.871. The fourth-order valence-electron chi connectivity index (χ4n) is 1.31. The maximum atomic E-state index is 11.8. The molecule has 0 bridgehead atoms. The lowest BCUT2D eigenvalue weighted by Crippen LogP contribution is -2.13. The lowest BCUT2D eigenvalue weighted by Gasteiger charge is -2.03. The van der Waals surface area contributed by atoms with Crippen molar-refractivity contribution in [2.24, 2.45) is 0 Å². The monoisotopic (exact) mass is 280 g/mol. The first-order valence-corrected chi connectivity index (χ1v) is 5.38. The van der Waals surface area contributed by atoms with E-state index in [1.54, 1.807) is 12.1 Å². The van der Waals surface area contributed by atoms with E-state index in [9.17, 15) is 4.79 Å². The molecule has 0 saturated carbocycles. The molecule has 2 rings (SSSR count). The average molecular weight is 281 g/mol. The number of hydrogen-bond acceptors (Lipinski definition) is 3. The largest absolute Gasteiger partial charge is 0.291 e. The quantitative estimate of drug-likeness (QED) is 0.885. The fraction of sp³-hybridized carbons (Fsp3) is 0.100. The van der Waals surface area contributed by atoms with Gasteiger partial charge >= 0.3 is 0 Å². The maximum Gasteiger partial charge on any atom is 0.258 e. The van der Waals surface area contributed by atoms with Crippen LogP contribution in [0.1, 0.15) is 15.9 Å². The van der Waals surface area contributed by atoms with Crippen molar-refractivity contribution in [1.29, 1.82) is 0 Å². The summed E-state index contributed by atoms with van der Waals surface area (Å²) in [6.07, 6.45) is 1.34. The molecule has 0 fully saturated rings. The zero-order valence-electron chi connectivity index (χ0n) is 8.49. The summed E-state index contributed by atoms with van der Waals surface area (Å²) >= 11 is 3.34. The second-order valence-corrected chi connectivity index (χ2v) is 4.22. The lowest BCUT2D eigenvalue weighted by molar-refractivity contribution is 0.102. The Morgan fingerprint density at radius 3 is 2.88 bits per heavy atom. The molecular weight excluding hydrogens is 272 g/mol. The van der Waals surface area contributed by atoms with E-state index in [1.165, 1.54) is 6.33 Å². The van der Waals surface area contributed by atoms with Gasteiger partial charge in [0, 0.05) is 10.0 Å². The number of halogens is 1. The summed E-state index contributed by atoms with van der Waals surface area (Å²) in [6, 6.07) is 5.49. The van der Waals surface area contributed by atoms with Gasteiger partial charge < -0.3 is 0 Å². The van der Waals surface area contributed by atoms with Gasteiger partial charge in [0.15, 0.2) is 0 Å². The molecule has 82 valence electrons. The van der Waals surface area contributed by atoms with Crippen molar-refractivity contribution in [3.05, 3.63) is 40.1 Å². The Morgan fingerprint density at radius 2 is 2.25 bits per heavy atom. The van der Waals surface area contributed by atoms with E-state index in [0.717, 1.165) is 10.0 Å². The number of nitrogens with zero attached hydrogens (tertiary/aromatic N) is 2. The first-order valence-electron chi connectivity index (χ1n) is 4.59. The molecule has 1 aromatic heterocycles. The molecule has 0 radical (unpaired) electrons. The summed E-state index contributed by atoms with van der Waals surface area (Å²) in [5.74, 6) is 0.115. The van der Waals surface area contributed by atoms with Crippen molar-refractivity contribution < 1.29 is 4.79 Å². The fourth-order valence-corrected chi connectivity index (χ4v) is 1.92. The number of hydrogen-bond donors (Lipinski definition) is 2. The van der Waals surface area contributed by atoms with Crippen molar-refractivity contribution in [2.45, 2.75) is 6.92 Å². The van der Waals surface area contributed by atoms with E-state index >= 15 is 0 Å². The van der Waals surface area contributed by atoms with Crippen molar-refractivity contribution in [3.63, 3.8) is 0 Å². The van der Waals surface area contributed by atoms with Crippen molar-refractivity contribution >= 4 is 27.8 Å². The average Bonchev–Trinajstić information content (AvgIpc) is 2.68. The standard InChI is InChI=1S/C10H9BrN4O/c1-6-2-7(4-8(11)3-6)9(16)14-10-12-5-13-15-10/h2-5H,1H3,(H2,12,13,14,15,16). The summed E-state index contributed by atoms with van der Waals surface area (Å²) in [7, 11) is 0. The van der Waals surface area contributed by atoms with E-state index in [-0.39, 0.29) is 5.91 Å². The van der Waals surface area contributed by atoms with Gasteiger partial charge in [-0.2, -0.15) is 10.1 Å². The number of aryl methyl sites for hydroxylation is 1. The molecule has 5 nitrogen and oxygen atoms in total. The molecule has 2 N–H and O–H groups in total. The molecule has 0 aliphatic rings. The van der Waals surface area contributed by atoms with Gasteiger partial charge in [-0.05, 0) is 30.7 Å². The third-order valence-corrected chi connectivity index (χ3v) is 2.41. The van der Waals surface area contributed by atoms with Crippen LogP contribution in [0.5, 0.6) is 0 Å². The normalized spacial score (nSPS) is 10.1. The van der Waals surface area contributed by atoms with E-state index in [4.69, 9.17) is 0 Å². The van der Waals surface area contributed by atoms with Crippen LogP contribution in [0.25, 0.3) is 0 Å². The zero-order chi connectivity index (χ0) is 11.5. The van der Waals surface area contributed by atoms with Gasteiger partial charge in [-0.15, -0.1) is 0 Å². The number of anilines is 1.